The standard InChI is InChI=1S/C8H6N2O/c1-3-9-4-2-7(1)8-5-10-11-6-8/h1-6H. The number of hydrogen-bond acceptors (Lipinski definition) is 3. The zero-order valence-electron chi connectivity index (χ0n) is 5.77. The van der Waals surface area contributed by atoms with Gasteiger partial charge in [-0.2, -0.15) is 0 Å². The van der Waals surface area contributed by atoms with E-state index in [2.05, 4.69) is 10.1 Å². The monoisotopic (exact) mass is 146 g/mol. The molecule has 0 aromatic carbocycles. The largest absolute Gasteiger partial charge is 0.364 e. The molecule has 2 aromatic rings. The molecule has 0 N–H and O–H groups in total. The van der Waals surface area contributed by atoms with E-state index in [1.54, 1.807) is 24.9 Å². The first-order valence-corrected chi connectivity index (χ1v) is 3.26. The molecule has 3 nitrogen and oxygen atoms in total. The Kier molecular flexibility index (Phi) is 1.41. The summed E-state index contributed by atoms with van der Waals surface area (Å²) in [5.74, 6) is 0. The van der Waals surface area contributed by atoms with Gasteiger partial charge in [-0.3, -0.25) is 4.98 Å². The van der Waals surface area contributed by atoms with Crippen LogP contribution in [-0.2, 0) is 0 Å². The molecule has 54 valence electrons. The fourth-order valence-electron chi connectivity index (χ4n) is 0.892. The molecule has 0 aliphatic rings. The first-order chi connectivity index (χ1) is 5.47. The van der Waals surface area contributed by atoms with Crippen molar-refractivity contribution in [2.45, 2.75) is 0 Å². The van der Waals surface area contributed by atoms with E-state index in [0.29, 0.717) is 0 Å². The smallest absolute Gasteiger partial charge is 0.131 e. The maximum Gasteiger partial charge on any atom is 0.131 e. The number of aromatic nitrogens is 2. The van der Waals surface area contributed by atoms with E-state index in [1.807, 2.05) is 12.1 Å². The van der Waals surface area contributed by atoms with Gasteiger partial charge in [-0.05, 0) is 17.7 Å². The van der Waals surface area contributed by atoms with Crippen LogP contribution in [0.2, 0.25) is 0 Å². The lowest BCUT2D eigenvalue weighted by Gasteiger charge is -1.90. The van der Waals surface area contributed by atoms with E-state index in [-0.39, 0.29) is 0 Å². The molecular weight excluding hydrogens is 140 g/mol. The second-order valence-corrected chi connectivity index (χ2v) is 2.15. The van der Waals surface area contributed by atoms with Crippen LogP contribution in [0.4, 0.5) is 0 Å². The number of nitrogens with zero attached hydrogens (tertiary/aromatic N) is 2. The molecule has 0 bridgehead atoms. The van der Waals surface area contributed by atoms with Gasteiger partial charge in [-0.25, -0.2) is 0 Å². The summed E-state index contributed by atoms with van der Waals surface area (Å²) < 4.78 is 4.70. The Labute approximate surface area is 63.7 Å². The lowest BCUT2D eigenvalue weighted by Crippen LogP contribution is -1.73. The van der Waals surface area contributed by atoms with Gasteiger partial charge in [-0.1, -0.05) is 5.16 Å². The van der Waals surface area contributed by atoms with Gasteiger partial charge in [0.15, 0.2) is 0 Å². The normalized spacial score (nSPS) is 9.82. The molecule has 2 heterocycles. The van der Waals surface area contributed by atoms with Crippen LogP contribution in [0.15, 0.2) is 41.5 Å². The topological polar surface area (TPSA) is 38.9 Å². The molecule has 0 amide bonds. The van der Waals surface area contributed by atoms with Crippen LogP contribution in [0.3, 0.4) is 0 Å². The van der Waals surface area contributed by atoms with E-state index in [0.717, 1.165) is 11.1 Å². The third-order valence-electron chi connectivity index (χ3n) is 1.45. The molecule has 11 heavy (non-hydrogen) atoms. The molecule has 0 aliphatic heterocycles. The van der Waals surface area contributed by atoms with Crippen molar-refractivity contribution >= 4 is 0 Å². The van der Waals surface area contributed by atoms with Gasteiger partial charge >= 0.3 is 0 Å². The van der Waals surface area contributed by atoms with Crippen molar-refractivity contribution in [1.29, 1.82) is 0 Å². The third-order valence-corrected chi connectivity index (χ3v) is 1.45. The molecule has 2 aromatic heterocycles. The molecule has 0 spiro atoms. The van der Waals surface area contributed by atoms with Gasteiger partial charge in [0.1, 0.15) is 6.26 Å². The molecule has 2 rings (SSSR count). The molecule has 0 radical (unpaired) electrons. The maximum absolute atomic E-state index is 4.70. The van der Waals surface area contributed by atoms with E-state index in [1.165, 1.54) is 0 Å². The highest BCUT2D eigenvalue weighted by Gasteiger charge is 1.96. The maximum atomic E-state index is 4.70. The average molecular weight is 146 g/mol. The Morgan fingerprint density at radius 3 is 2.55 bits per heavy atom. The van der Waals surface area contributed by atoms with Crippen molar-refractivity contribution in [1.82, 2.24) is 10.1 Å². The average Bonchev–Trinajstić information content (AvgIpc) is 2.58. The van der Waals surface area contributed by atoms with E-state index < -0.39 is 0 Å². The van der Waals surface area contributed by atoms with Gasteiger partial charge in [0.25, 0.3) is 0 Å². The predicted molar refractivity (Wildman–Crippen MR) is 39.7 cm³/mol. The highest BCUT2D eigenvalue weighted by molar-refractivity contribution is 5.59. The number of rotatable bonds is 1. The zero-order chi connectivity index (χ0) is 7.52. The van der Waals surface area contributed by atoms with E-state index in [4.69, 9.17) is 4.52 Å². The molecule has 0 saturated heterocycles. The van der Waals surface area contributed by atoms with Crippen molar-refractivity contribution < 1.29 is 4.52 Å². The van der Waals surface area contributed by atoms with Crippen molar-refractivity contribution in [3.8, 4) is 11.1 Å². The Morgan fingerprint density at radius 2 is 1.91 bits per heavy atom. The summed E-state index contributed by atoms with van der Waals surface area (Å²) in [5.41, 5.74) is 2.05. The van der Waals surface area contributed by atoms with Gasteiger partial charge in [0.05, 0.1) is 6.20 Å². The molecule has 0 fully saturated rings. The van der Waals surface area contributed by atoms with Crippen LogP contribution in [0.5, 0.6) is 0 Å². The minimum Gasteiger partial charge on any atom is -0.364 e. The van der Waals surface area contributed by atoms with Crippen molar-refractivity contribution in [2.75, 3.05) is 0 Å². The molecule has 0 aliphatic carbocycles. The molecule has 0 unspecified atom stereocenters. The van der Waals surface area contributed by atoms with E-state index >= 15 is 0 Å². The molecule has 3 heteroatoms. The fraction of sp³-hybridized carbons (Fsp3) is 0. The lowest BCUT2D eigenvalue weighted by atomic mass is 10.2. The van der Waals surface area contributed by atoms with Crippen molar-refractivity contribution in [3.63, 3.8) is 0 Å². The molecular formula is C8H6N2O. The first kappa shape index (κ1) is 6.09. The minimum absolute atomic E-state index is 0.979. The Morgan fingerprint density at radius 1 is 1.09 bits per heavy atom. The fourth-order valence-corrected chi connectivity index (χ4v) is 0.892. The number of hydrogen-bond donors (Lipinski definition) is 0. The van der Waals surface area contributed by atoms with Crippen molar-refractivity contribution in [3.05, 3.63) is 37.0 Å². The summed E-state index contributed by atoms with van der Waals surface area (Å²) in [5, 5.41) is 3.60. The quantitative estimate of drug-likeness (QED) is 0.615. The Hall–Kier alpha value is -1.64. The Balaban J connectivity index is 2.46. The van der Waals surface area contributed by atoms with Crippen LogP contribution in [0.25, 0.3) is 11.1 Å². The van der Waals surface area contributed by atoms with Crippen LogP contribution in [0.1, 0.15) is 0 Å². The van der Waals surface area contributed by atoms with Gasteiger partial charge in [0.2, 0.25) is 0 Å². The summed E-state index contributed by atoms with van der Waals surface area (Å²) in [4.78, 5) is 3.90. The second kappa shape index (κ2) is 2.54. The van der Waals surface area contributed by atoms with Gasteiger partial charge in [0, 0.05) is 18.0 Å². The highest BCUT2D eigenvalue weighted by Crippen LogP contribution is 2.15. The molecule has 0 atom stereocenters. The summed E-state index contributed by atoms with van der Waals surface area (Å²) >= 11 is 0. The summed E-state index contributed by atoms with van der Waals surface area (Å²) in [7, 11) is 0. The first-order valence-electron chi connectivity index (χ1n) is 3.26. The van der Waals surface area contributed by atoms with Crippen LogP contribution in [0, 0.1) is 0 Å². The summed E-state index contributed by atoms with van der Waals surface area (Å²) in [6, 6.07) is 3.82. The second-order valence-electron chi connectivity index (χ2n) is 2.15. The number of pyridine rings is 1. The summed E-state index contributed by atoms with van der Waals surface area (Å²) in [6.45, 7) is 0. The predicted octanol–water partition coefficient (Wildman–Crippen LogP) is 1.74. The summed E-state index contributed by atoms with van der Waals surface area (Å²) in [6.07, 6.45) is 6.76. The molecule has 0 saturated carbocycles. The lowest BCUT2D eigenvalue weighted by molar-refractivity contribution is 0.420. The van der Waals surface area contributed by atoms with E-state index in [9.17, 15) is 0 Å². The van der Waals surface area contributed by atoms with Crippen LogP contribution >= 0.6 is 0 Å². The Bertz CT molecular complexity index is 315. The SMILES string of the molecule is c1cc(-c2cnoc2)ccn1. The van der Waals surface area contributed by atoms with Crippen molar-refractivity contribution in [2.24, 2.45) is 0 Å². The van der Waals surface area contributed by atoms with Crippen LogP contribution in [-0.4, -0.2) is 10.1 Å². The highest BCUT2D eigenvalue weighted by atomic mass is 16.5. The zero-order valence-corrected chi connectivity index (χ0v) is 5.77. The van der Waals surface area contributed by atoms with Gasteiger partial charge < -0.3 is 4.52 Å². The van der Waals surface area contributed by atoms with Crippen LogP contribution < -0.4 is 0 Å². The van der Waals surface area contributed by atoms with Gasteiger partial charge in [-0.15, -0.1) is 0 Å². The third kappa shape index (κ3) is 1.12. The minimum atomic E-state index is 0.979.